The van der Waals surface area contributed by atoms with Crippen molar-refractivity contribution in [1.29, 1.82) is 0 Å². The molecule has 0 saturated heterocycles. The Morgan fingerprint density at radius 3 is 0.558 bits per heavy atom. The van der Waals surface area contributed by atoms with Crippen LogP contribution >= 0.6 is 0 Å². The molecule has 700 valence electrons. The molecule has 0 rings (SSSR count). The van der Waals surface area contributed by atoms with Crippen molar-refractivity contribution in [3.05, 3.63) is 0 Å². The number of carbonyl (C=O) groups excluding carboxylic acids is 12. The maximum absolute atomic E-state index is 13.1. The molecule has 0 aromatic carbocycles. The SMILES string of the molecule is CCCCCCCCC(=O)CC(CCCCN)C(=O)NCCCCCCCC(=O)CC(CCCCN)C(=O)NCCCCCCCC(=O)CC(CCCCN)C(C)=O.CCCCCCCCCCCC(=O)CC(CCCCN)C(=O)NCCCCCCCC(=O)CC(CCCCN)C(=O)NCCCCCCCC(=O)CC(CCCCN)C(=O)NC. The summed E-state index contributed by atoms with van der Waals surface area (Å²) in [5, 5.41) is 14.9. The Bertz CT molecular complexity index is 2580. The first-order chi connectivity index (χ1) is 58.2. The van der Waals surface area contributed by atoms with Crippen LogP contribution in [0.1, 0.15) is 438 Å². The first-order valence-electron chi connectivity index (χ1n) is 49.4. The van der Waals surface area contributed by atoms with Gasteiger partial charge in [-0.2, -0.15) is 0 Å². The van der Waals surface area contributed by atoms with Crippen molar-refractivity contribution in [3.8, 4) is 0 Å². The highest BCUT2D eigenvalue weighted by Crippen LogP contribution is 2.25. The van der Waals surface area contributed by atoms with Crippen molar-refractivity contribution in [3.63, 3.8) is 0 Å². The van der Waals surface area contributed by atoms with Crippen LogP contribution in [-0.4, -0.2) is 143 Å². The van der Waals surface area contributed by atoms with E-state index in [1.807, 2.05) is 0 Å². The second-order valence-corrected chi connectivity index (χ2v) is 34.9. The van der Waals surface area contributed by atoms with E-state index < -0.39 is 0 Å². The summed E-state index contributed by atoms with van der Waals surface area (Å²) in [6, 6.07) is 0. The molecule has 0 aromatic rings. The molecule has 0 aromatic heterocycles. The summed E-state index contributed by atoms with van der Waals surface area (Å²) in [6.45, 7) is 11.9. The molecule has 6 atom stereocenters. The molecule has 0 radical (unpaired) electrons. The maximum Gasteiger partial charge on any atom is 0.223 e. The monoisotopic (exact) mass is 1700 g/mol. The Labute approximate surface area is 731 Å². The lowest BCUT2D eigenvalue weighted by molar-refractivity contribution is -0.129. The molecule has 5 amide bonds. The average molecular weight is 1700 g/mol. The topological polar surface area (TPSA) is 421 Å². The average Bonchev–Trinajstić information content (AvgIpc) is 0.936. The van der Waals surface area contributed by atoms with Crippen molar-refractivity contribution < 1.29 is 57.5 Å². The molecule has 120 heavy (non-hydrogen) atoms. The highest BCUT2D eigenvalue weighted by atomic mass is 16.2. The predicted molar refractivity (Wildman–Crippen MR) is 494 cm³/mol. The fourth-order valence-electron chi connectivity index (χ4n) is 15.8. The van der Waals surface area contributed by atoms with Gasteiger partial charge in [0.15, 0.2) is 0 Å². The van der Waals surface area contributed by atoms with Gasteiger partial charge in [0.1, 0.15) is 40.5 Å². The van der Waals surface area contributed by atoms with E-state index in [0.29, 0.717) is 155 Å². The molecule has 0 aliphatic heterocycles. The minimum Gasteiger partial charge on any atom is -0.359 e. The van der Waals surface area contributed by atoms with Gasteiger partial charge in [0.05, 0.1) is 0 Å². The van der Waals surface area contributed by atoms with Gasteiger partial charge in [-0.3, -0.25) is 57.5 Å². The molecular weight excluding hydrogens is 1510 g/mol. The Hall–Kier alpha value is -5.20. The Kier molecular flexibility index (Phi) is 85.0. The van der Waals surface area contributed by atoms with Gasteiger partial charge in [-0.25, -0.2) is 0 Å². The normalized spacial score (nSPS) is 12.8. The summed E-state index contributed by atoms with van der Waals surface area (Å²) in [6.07, 6.45) is 55.1. The number of hydrogen-bond acceptors (Lipinski definition) is 18. The molecule has 23 nitrogen and oxygen atoms in total. The highest BCUT2D eigenvalue weighted by molar-refractivity contribution is 5.90. The van der Waals surface area contributed by atoms with Gasteiger partial charge in [-0.05, 0) is 187 Å². The minimum absolute atomic E-state index is 0.0152. The third-order valence-electron chi connectivity index (χ3n) is 23.7. The molecule has 0 bridgehead atoms. The van der Waals surface area contributed by atoms with Gasteiger partial charge in [0.25, 0.3) is 0 Å². The first kappa shape index (κ1) is 117. The molecule has 0 aliphatic carbocycles. The third kappa shape index (κ3) is 74.2. The van der Waals surface area contributed by atoms with Crippen LogP contribution < -0.4 is 61.0 Å². The number of nitrogens with one attached hydrogen (secondary N) is 5. The van der Waals surface area contributed by atoms with Gasteiger partial charge in [0, 0.05) is 146 Å². The zero-order chi connectivity index (χ0) is 89.0. The van der Waals surface area contributed by atoms with Crippen molar-refractivity contribution >= 4 is 70.0 Å². The smallest absolute Gasteiger partial charge is 0.223 e. The molecule has 0 saturated carbocycles. The van der Waals surface area contributed by atoms with E-state index in [1.165, 1.54) is 70.6 Å². The molecule has 6 unspecified atom stereocenters. The van der Waals surface area contributed by atoms with Crippen molar-refractivity contribution in [1.82, 2.24) is 26.6 Å². The zero-order valence-corrected chi connectivity index (χ0v) is 77.4. The number of rotatable bonds is 91. The Morgan fingerprint density at radius 2 is 0.375 bits per heavy atom. The summed E-state index contributed by atoms with van der Waals surface area (Å²) < 4.78 is 0. The largest absolute Gasteiger partial charge is 0.359 e. The molecular formula is C97H185N11O12. The lowest BCUT2D eigenvalue weighted by atomic mass is 9.91. The van der Waals surface area contributed by atoms with Gasteiger partial charge in [-0.1, -0.05) is 213 Å². The quantitative estimate of drug-likeness (QED) is 0.0252. The summed E-state index contributed by atoms with van der Waals surface area (Å²) >= 11 is 0. The van der Waals surface area contributed by atoms with E-state index in [9.17, 15) is 57.5 Å². The Morgan fingerprint density at radius 1 is 0.208 bits per heavy atom. The second-order valence-electron chi connectivity index (χ2n) is 34.9. The van der Waals surface area contributed by atoms with E-state index in [1.54, 1.807) is 14.0 Å². The number of nitrogens with two attached hydrogens (primary N) is 6. The minimum atomic E-state index is -0.332. The van der Waals surface area contributed by atoms with Crippen LogP contribution in [0.2, 0.25) is 0 Å². The fourth-order valence-corrected chi connectivity index (χ4v) is 15.8. The van der Waals surface area contributed by atoms with Crippen LogP contribution in [0.5, 0.6) is 0 Å². The van der Waals surface area contributed by atoms with E-state index >= 15 is 0 Å². The van der Waals surface area contributed by atoms with Crippen LogP contribution in [-0.2, 0) is 57.5 Å². The zero-order valence-electron chi connectivity index (χ0n) is 77.4. The molecule has 23 heteroatoms. The number of amides is 5. The third-order valence-corrected chi connectivity index (χ3v) is 23.7. The van der Waals surface area contributed by atoms with Crippen molar-refractivity contribution in [2.24, 2.45) is 69.9 Å². The number of carbonyl (C=O) groups is 12. The van der Waals surface area contributed by atoms with Crippen LogP contribution in [0.4, 0.5) is 0 Å². The first-order valence-corrected chi connectivity index (χ1v) is 49.4. The number of unbranched alkanes of at least 4 members (excludes halogenated alkanes) is 35. The Balaban J connectivity index is 0. The van der Waals surface area contributed by atoms with Crippen LogP contribution in [0.3, 0.4) is 0 Å². The number of Topliss-reactive ketones (excluding diaryl/α,β-unsaturated/α-hetero) is 7. The second kappa shape index (κ2) is 87.3. The summed E-state index contributed by atoms with van der Waals surface area (Å²) in [4.78, 5) is 152. The predicted octanol–water partition coefficient (Wildman–Crippen LogP) is 17.0. The van der Waals surface area contributed by atoms with E-state index in [4.69, 9.17) is 34.4 Å². The maximum atomic E-state index is 13.1. The van der Waals surface area contributed by atoms with Gasteiger partial charge in [0.2, 0.25) is 29.5 Å². The number of ketones is 7. The van der Waals surface area contributed by atoms with Crippen LogP contribution in [0.15, 0.2) is 0 Å². The number of hydrogen-bond donors (Lipinski definition) is 11. The van der Waals surface area contributed by atoms with E-state index in [2.05, 4.69) is 40.4 Å². The van der Waals surface area contributed by atoms with Gasteiger partial charge in [-0.15, -0.1) is 0 Å². The summed E-state index contributed by atoms with van der Waals surface area (Å²) in [5.74, 6) is -0.836. The molecule has 0 fully saturated rings. The highest BCUT2D eigenvalue weighted by Gasteiger charge is 2.27. The lowest BCUT2D eigenvalue weighted by Crippen LogP contribution is -2.33. The van der Waals surface area contributed by atoms with E-state index in [0.717, 1.165) is 238 Å². The van der Waals surface area contributed by atoms with Gasteiger partial charge < -0.3 is 61.0 Å². The van der Waals surface area contributed by atoms with Gasteiger partial charge >= 0.3 is 0 Å². The molecule has 0 heterocycles. The van der Waals surface area contributed by atoms with Crippen LogP contribution in [0.25, 0.3) is 0 Å². The molecule has 17 N–H and O–H groups in total. The lowest BCUT2D eigenvalue weighted by Gasteiger charge is -2.16. The molecule has 0 spiro atoms. The molecule has 0 aliphatic rings. The van der Waals surface area contributed by atoms with Crippen molar-refractivity contribution in [2.75, 3.05) is 72.5 Å². The van der Waals surface area contributed by atoms with Crippen LogP contribution in [0, 0.1) is 35.5 Å². The standard InChI is InChI=1S/C50H96N6O6.C47H89N5O6/c1-3-4-5-6-7-8-9-12-17-32-46(58)40-43(29-21-24-35-52)49(61)55-38-27-16-11-14-19-33-47(59)41-44(30-22-25-36-53)50(62)56-37-26-15-10-13-18-31-45(57)39-42(48(60)54-2)28-20-23-34-51;1-3-4-5-6-9-14-29-44(55)37-41(26-18-21-32-49)46(57)52-35-24-13-8-11-16-30-45(56)38-42(27-19-22-33-50)47(58)51-34-23-12-7-10-15-28-43(54)36-40(39(2)53)25-17-20-31-48/h42-44H,3-41,51-53H2,1-2H3,(H,54,60)(H,55,61)(H,56,62);40-42H,3-38,48-50H2,1-2H3,(H,51,58)(H,52,57). The summed E-state index contributed by atoms with van der Waals surface area (Å²) in [7, 11) is 1.61. The summed E-state index contributed by atoms with van der Waals surface area (Å²) in [5.41, 5.74) is 33.9. The van der Waals surface area contributed by atoms with Crippen molar-refractivity contribution in [2.45, 2.75) is 438 Å². The fraction of sp³-hybridized carbons (Fsp3) is 0.876. The van der Waals surface area contributed by atoms with E-state index in [-0.39, 0.29) is 125 Å².